The highest BCUT2D eigenvalue weighted by Crippen LogP contribution is 2.52. The molecule has 1 aliphatic carbocycles. The Bertz CT molecular complexity index is 2120. The smallest absolute Gasteiger partial charge is 0.161 e. The topological polar surface area (TPSA) is 143 Å². The van der Waals surface area contributed by atoms with Gasteiger partial charge in [0.2, 0.25) is 0 Å². The summed E-state index contributed by atoms with van der Waals surface area (Å²) in [6, 6.07) is 17.1. The first kappa shape index (κ1) is 39.7. The lowest BCUT2D eigenvalue weighted by atomic mass is 9.57. The third-order valence-corrected chi connectivity index (χ3v) is 13.0. The second kappa shape index (κ2) is 17.4. The third kappa shape index (κ3) is 8.00. The van der Waals surface area contributed by atoms with Crippen LogP contribution in [0, 0.1) is 5.92 Å². The van der Waals surface area contributed by atoms with Gasteiger partial charge in [-0.25, -0.2) is 0 Å². The van der Waals surface area contributed by atoms with E-state index in [1.54, 1.807) is 6.07 Å². The number of nitrogens with zero attached hydrogens (tertiary/aromatic N) is 1. The van der Waals surface area contributed by atoms with Crippen LogP contribution in [0.5, 0.6) is 11.5 Å². The van der Waals surface area contributed by atoms with Crippen LogP contribution in [0.2, 0.25) is 0 Å². The molecule has 8 rings (SSSR count). The zero-order valence-corrected chi connectivity index (χ0v) is 33.6. The lowest BCUT2D eigenvalue weighted by Crippen LogP contribution is -2.47. The fourth-order valence-electron chi connectivity index (χ4n) is 9.94. The van der Waals surface area contributed by atoms with E-state index in [9.17, 15) is 15.3 Å². The maximum Gasteiger partial charge on any atom is 0.161 e. The highest BCUT2D eigenvalue weighted by molar-refractivity contribution is 5.88. The average Bonchev–Trinajstić information content (AvgIpc) is 3.66. The molecule has 5 unspecified atom stereocenters. The van der Waals surface area contributed by atoms with Gasteiger partial charge in [-0.05, 0) is 121 Å². The van der Waals surface area contributed by atoms with Crippen LogP contribution >= 0.6 is 0 Å². The zero-order chi connectivity index (χ0) is 39.5. The van der Waals surface area contributed by atoms with Crippen LogP contribution in [0.25, 0.3) is 16.6 Å². The van der Waals surface area contributed by atoms with Gasteiger partial charge in [-0.2, -0.15) is 0 Å². The van der Waals surface area contributed by atoms with E-state index in [1.807, 2.05) is 13.1 Å². The summed E-state index contributed by atoms with van der Waals surface area (Å²) < 4.78 is 21.6. The van der Waals surface area contributed by atoms with E-state index >= 15 is 0 Å². The van der Waals surface area contributed by atoms with Gasteiger partial charge in [-0.1, -0.05) is 56.5 Å². The molecule has 4 aliphatic rings. The van der Waals surface area contributed by atoms with Crippen molar-refractivity contribution in [2.24, 2.45) is 11.7 Å². The van der Waals surface area contributed by atoms with E-state index in [4.69, 9.17) is 19.9 Å². The van der Waals surface area contributed by atoms with Crippen molar-refractivity contribution in [2.75, 3.05) is 33.4 Å². The summed E-state index contributed by atoms with van der Waals surface area (Å²) >= 11 is 0. The molecule has 0 spiro atoms. The molecule has 3 aliphatic heterocycles. The molecule has 7 N–H and O–H groups in total. The van der Waals surface area contributed by atoms with E-state index in [0.717, 1.165) is 90.4 Å². The number of dihydropyridines is 1. The minimum atomic E-state index is -0.608. The first-order valence-corrected chi connectivity index (χ1v) is 21.1. The van der Waals surface area contributed by atoms with Crippen LogP contribution < -0.4 is 21.1 Å². The van der Waals surface area contributed by atoms with Crippen molar-refractivity contribution in [2.45, 2.75) is 108 Å². The summed E-state index contributed by atoms with van der Waals surface area (Å²) in [7, 11) is 1.93. The van der Waals surface area contributed by atoms with Crippen LogP contribution in [-0.4, -0.2) is 71.7 Å². The van der Waals surface area contributed by atoms with Crippen molar-refractivity contribution in [3.05, 3.63) is 112 Å². The molecule has 0 radical (unpaired) electrons. The van der Waals surface area contributed by atoms with Gasteiger partial charge >= 0.3 is 0 Å². The van der Waals surface area contributed by atoms with E-state index in [2.05, 4.69) is 77.0 Å². The van der Waals surface area contributed by atoms with Gasteiger partial charge in [0.05, 0.1) is 38.2 Å². The third-order valence-electron chi connectivity index (χ3n) is 13.0. The second-order valence-electron chi connectivity index (χ2n) is 16.6. The van der Waals surface area contributed by atoms with Crippen molar-refractivity contribution in [1.82, 2.24) is 15.2 Å². The van der Waals surface area contributed by atoms with E-state index in [0.29, 0.717) is 56.3 Å². The number of phenolic OH excluding ortho intramolecular Hbond substituents is 1. The monoisotopic (exact) mass is 776 g/mol. The van der Waals surface area contributed by atoms with Crippen LogP contribution in [0.1, 0.15) is 91.7 Å². The molecule has 3 aromatic carbocycles. The number of aromatic hydroxyl groups is 1. The van der Waals surface area contributed by atoms with Crippen molar-refractivity contribution in [3.8, 4) is 11.5 Å². The molecule has 10 nitrogen and oxygen atoms in total. The molecule has 1 fully saturated rings. The number of aliphatic hydroxyl groups excluding tert-OH is 2. The lowest BCUT2D eigenvalue weighted by molar-refractivity contribution is 0.00498. The number of ether oxygens (including phenoxy) is 3. The fourth-order valence-corrected chi connectivity index (χ4v) is 9.94. The SMILES string of the molecule is CCCCCC1CC(O)CCc2cc(c(O)cc2CO)OCc2cc(C34CCOCC3CCc3ccccc34)cc3cn(cc23)C2=C(C=C(CNC)C(N)N2)CO1. The summed E-state index contributed by atoms with van der Waals surface area (Å²) in [4.78, 5) is 0. The number of hydrogen-bond acceptors (Lipinski definition) is 9. The molecule has 304 valence electrons. The number of aryl methyl sites for hydroxylation is 2. The number of hydrogen-bond donors (Lipinski definition) is 6. The second-order valence-corrected chi connectivity index (χ2v) is 16.6. The molecule has 0 amide bonds. The predicted molar refractivity (Wildman–Crippen MR) is 224 cm³/mol. The van der Waals surface area contributed by atoms with E-state index in [1.165, 1.54) is 16.7 Å². The average molecular weight is 777 g/mol. The number of nitrogens with two attached hydrogens (primary N) is 1. The van der Waals surface area contributed by atoms with Crippen LogP contribution in [0.15, 0.2) is 78.1 Å². The molecule has 5 atom stereocenters. The highest BCUT2D eigenvalue weighted by Gasteiger charge is 2.47. The summed E-state index contributed by atoms with van der Waals surface area (Å²) in [5, 5.41) is 41.9. The van der Waals surface area contributed by atoms with Crippen LogP contribution in [0.4, 0.5) is 0 Å². The van der Waals surface area contributed by atoms with Gasteiger partial charge < -0.3 is 50.5 Å². The first-order valence-electron chi connectivity index (χ1n) is 21.1. The molecule has 10 heteroatoms. The Labute approximate surface area is 336 Å². The fraction of sp³-hybridized carbons (Fsp3) is 0.489. The minimum absolute atomic E-state index is 0.0178. The maximum absolute atomic E-state index is 11.4. The van der Waals surface area contributed by atoms with Gasteiger partial charge in [0.15, 0.2) is 11.5 Å². The standard InChI is InChI=1S/C47H60N4O6/c1-3-4-5-9-40-22-39(53)14-12-31-21-44(43(54)20-34(31)26-52)57-27-35-19-38(47-15-16-55-29-37(47)13-11-30-8-6-7-10-42(30)47)18-33-24-51(25-41(33)35)46-36(28-56-40)17-32(23-49-2)45(48)50-46/h6-8,10,17-21,24-25,37,39-40,45,49-50,52-54H,3-5,9,11-16,22-23,26-29,48H2,1-2H3. The number of unbranched alkanes of at least 4 members (excludes halogenated alkanes) is 2. The van der Waals surface area contributed by atoms with Gasteiger partial charge in [0.25, 0.3) is 0 Å². The number of phenols is 1. The number of nitrogens with one attached hydrogen (secondary N) is 2. The maximum atomic E-state index is 11.4. The Morgan fingerprint density at radius 1 is 1.02 bits per heavy atom. The number of aromatic nitrogens is 1. The van der Waals surface area contributed by atoms with E-state index < -0.39 is 6.10 Å². The molecule has 4 heterocycles. The summed E-state index contributed by atoms with van der Waals surface area (Å²) in [6.45, 7) is 4.61. The molecule has 0 saturated carbocycles. The number of rotatable bonds is 8. The lowest BCUT2D eigenvalue weighted by Gasteiger charge is -2.49. The normalized spacial score (nSPS) is 25.4. The van der Waals surface area contributed by atoms with Crippen LogP contribution in [-0.2, 0) is 40.9 Å². The number of likely N-dealkylation sites (N-methyl/N-ethyl adjacent to an activating group) is 1. The Morgan fingerprint density at radius 2 is 1.88 bits per heavy atom. The van der Waals surface area contributed by atoms with Crippen molar-refractivity contribution < 1.29 is 29.5 Å². The van der Waals surface area contributed by atoms with Gasteiger partial charge in [0, 0.05) is 47.3 Å². The van der Waals surface area contributed by atoms with Gasteiger partial charge in [-0.3, -0.25) is 0 Å². The Kier molecular flexibility index (Phi) is 12.1. The predicted octanol–water partition coefficient (Wildman–Crippen LogP) is 6.55. The minimum Gasteiger partial charge on any atom is -0.504 e. The largest absolute Gasteiger partial charge is 0.504 e. The Balaban J connectivity index is 1.30. The number of fused-ring (bicyclic) bond motifs is 7. The molecule has 4 bridgehead atoms. The highest BCUT2D eigenvalue weighted by atomic mass is 16.5. The summed E-state index contributed by atoms with van der Waals surface area (Å²) in [5.41, 5.74) is 15.1. The Morgan fingerprint density at radius 3 is 2.72 bits per heavy atom. The van der Waals surface area contributed by atoms with E-state index in [-0.39, 0.29) is 36.6 Å². The summed E-state index contributed by atoms with van der Waals surface area (Å²) in [6.07, 6.45) is 13.9. The summed E-state index contributed by atoms with van der Waals surface area (Å²) in [5.74, 6) is 1.54. The van der Waals surface area contributed by atoms with Crippen molar-refractivity contribution >= 4 is 16.6 Å². The molecule has 4 aromatic rings. The van der Waals surface area contributed by atoms with Gasteiger partial charge in [0.1, 0.15) is 12.4 Å². The van der Waals surface area contributed by atoms with Crippen LogP contribution in [0.3, 0.4) is 0 Å². The molecular formula is C47H60N4O6. The molecule has 1 aromatic heterocycles. The Hall–Kier alpha value is -4.16. The zero-order valence-electron chi connectivity index (χ0n) is 33.6. The number of benzene rings is 3. The first-order chi connectivity index (χ1) is 27.8. The number of aliphatic hydroxyl groups is 2. The van der Waals surface area contributed by atoms with Crippen molar-refractivity contribution in [1.29, 1.82) is 0 Å². The molecular weight excluding hydrogens is 717 g/mol. The van der Waals surface area contributed by atoms with Gasteiger partial charge in [-0.15, -0.1) is 0 Å². The van der Waals surface area contributed by atoms with Crippen molar-refractivity contribution in [3.63, 3.8) is 0 Å². The quantitative estimate of drug-likeness (QED) is 0.110. The molecule has 57 heavy (non-hydrogen) atoms. The molecule has 1 saturated heterocycles.